The number of carbonyl (C=O) groups is 1. The standard InChI is InChI=1S/C22H30N4O2.HI/c1-4-23-21(27)19-10-6-18(7-11-19)16-26-22(24-5-2)25-15-14-17-8-12-20(28-3)13-9-17;/h6-13H,4-5,14-16H2,1-3H3,(H,23,27)(H2,24,25,26);1H. The first-order valence-electron chi connectivity index (χ1n) is 9.68. The Bertz CT molecular complexity index is 761. The van der Waals surface area contributed by atoms with Crippen LogP contribution in [0.15, 0.2) is 53.5 Å². The van der Waals surface area contributed by atoms with E-state index in [-0.39, 0.29) is 29.9 Å². The van der Waals surface area contributed by atoms with E-state index in [1.165, 1.54) is 5.56 Å². The number of halogens is 1. The predicted molar refractivity (Wildman–Crippen MR) is 129 cm³/mol. The van der Waals surface area contributed by atoms with Gasteiger partial charge < -0.3 is 20.7 Å². The van der Waals surface area contributed by atoms with Crippen LogP contribution in [0.4, 0.5) is 0 Å². The van der Waals surface area contributed by atoms with Gasteiger partial charge in [0.15, 0.2) is 5.96 Å². The number of hydrogen-bond donors (Lipinski definition) is 3. The number of rotatable bonds is 9. The summed E-state index contributed by atoms with van der Waals surface area (Å²) in [6.07, 6.45) is 0.898. The summed E-state index contributed by atoms with van der Waals surface area (Å²) in [7, 11) is 1.67. The number of aliphatic imine (C=N–C) groups is 1. The number of nitrogens with zero attached hydrogens (tertiary/aromatic N) is 1. The Morgan fingerprint density at radius 3 is 2.10 bits per heavy atom. The Labute approximate surface area is 190 Å². The quantitative estimate of drug-likeness (QED) is 0.275. The molecule has 7 heteroatoms. The lowest BCUT2D eigenvalue weighted by Crippen LogP contribution is -2.38. The van der Waals surface area contributed by atoms with E-state index in [1.54, 1.807) is 7.11 Å². The molecule has 0 radical (unpaired) electrons. The van der Waals surface area contributed by atoms with E-state index in [1.807, 2.05) is 50.2 Å². The van der Waals surface area contributed by atoms with Crippen molar-refractivity contribution in [1.82, 2.24) is 16.0 Å². The van der Waals surface area contributed by atoms with Crippen molar-refractivity contribution in [3.63, 3.8) is 0 Å². The largest absolute Gasteiger partial charge is 0.497 e. The molecule has 0 unspecified atom stereocenters. The molecule has 6 nitrogen and oxygen atoms in total. The van der Waals surface area contributed by atoms with Crippen LogP contribution in [0.5, 0.6) is 5.75 Å². The highest BCUT2D eigenvalue weighted by Gasteiger charge is 2.04. The average Bonchev–Trinajstić information content (AvgIpc) is 2.73. The third-order valence-corrected chi connectivity index (χ3v) is 4.18. The highest BCUT2D eigenvalue weighted by atomic mass is 127. The lowest BCUT2D eigenvalue weighted by molar-refractivity contribution is 0.0956. The first-order valence-corrected chi connectivity index (χ1v) is 9.68. The summed E-state index contributed by atoms with van der Waals surface area (Å²) < 4.78 is 5.18. The molecule has 158 valence electrons. The molecule has 0 aliphatic carbocycles. The van der Waals surface area contributed by atoms with Gasteiger partial charge >= 0.3 is 0 Å². The van der Waals surface area contributed by atoms with Crippen LogP contribution in [0.2, 0.25) is 0 Å². The van der Waals surface area contributed by atoms with Crippen molar-refractivity contribution < 1.29 is 9.53 Å². The van der Waals surface area contributed by atoms with Crippen molar-refractivity contribution in [2.75, 3.05) is 26.7 Å². The van der Waals surface area contributed by atoms with Gasteiger partial charge in [0, 0.05) is 25.2 Å². The second kappa shape index (κ2) is 13.8. The molecule has 0 bridgehead atoms. The van der Waals surface area contributed by atoms with Gasteiger partial charge in [0.2, 0.25) is 0 Å². The van der Waals surface area contributed by atoms with Gasteiger partial charge in [-0.3, -0.25) is 4.79 Å². The van der Waals surface area contributed by atoms with Crippen LogP contribution in [-0.2, 0) is 13.0 Å². The number of guanidine groups is 1. The second-order valence-electron chi connectivity index (χ2n) is 6.28. The number of benzene rings is 2. The summed E-state index contributed by atoms with van der Waals surface area (Å²) in [4.78, 5) is 16.4. The minimum Gasteiger partial charge on any atom is -0.497 e. The van der Waals surface area contributed by atoms with Crippen molar-refractivity contribution in [2.45, 2.75) is 26.8 Å². The van der Waals surface area contributed by atoms with Gasteiger partial charge in [0.25, 0.3) is 5.91 Å². The van der Waals surface area contributed by atoms with Gasteiger partial charge in [-0.1, -0.05) is 24.3 Å². The molecule has 0 saturated carbocycles. The summed E-state index contributed by atoms with van der Waals surface area (Å²) in [5.74, 6) is 1.60. The molecule has 0 saturated heterocycles. The number of methoxy groups -OCH3 is 1. The molecule has 3 N–H and O–H groups in total. The fraction of sp³-hybridized carbons (Fsp3) is 0.364. The van der Waals surface area contributed by atoms with Gasteiger partial charge in [-0.05, 0) is 55.7 Å². The van der Waals surface area contributed by atoms with Gasteiger partial charge in [-0.25, -0.2) is 4.99 Å². The Morgan fingerprint density at radius 2 is 1.52 bits per heavy atom. The van der Waals surface area contributed by atoms with Crippen LogP contribution >= 0.6 is 24.0 Å². The molecular weight excluding hydrogens is 479 g/mol. The Kier molecular flexibility index (Phi) is 11.8. The van der Waals surface area contributed by atoms with Crippen molar-refractivity contribution in [2.24, 2.45) is 4.99 Å². The van der Waals surface area contributed by atoms with Crippen molar-refractivity contribution >= 4 is 35.8 Å². The summed E-state index contributed by atoms with van der Waals surface area (Å²) in [6.45, 7) is 6.71. The first-order chi connectivity index (χ1) is 13.7. The number of nitrogens with one attached hydrogen (secondary N) is 3. The fourth-order valence-electron chi connectivity index (χ4n) is 2.65. The third kappa shape index (κ3) is 8.72. The smallest absolute Gasteiger partial charge is 0.251 e. The molecule has 0 spiro atoms. The van der Waals surface area contributed by atoms with E-state index in [9.17, 15) is 4.79 Å². The maximum Gasteiger partial charge on any atom is 0.251 e. The summed E-state index contributed by atoms with van der Waals surface area (Å²) in [5, 5.41) is 9.41. The Balaban J connectivity index is 0.00000420. The van der Waals surface area contributed by atoms with Crippen LogP contribution < -0.4 is 20.7 Å². The van der Waals surface area contributed by atoms with E-state index in [2.05, 4.69) is 33.1 Å². The molecule has 0 fully saturated rings. The number of ether oxygens (including phenoxy) is 1. The molecule has 29 heavy (non-hydrogen) atoms. The molecule has 2 rings (SSSR count). The summed E-state index contributed by atoms with van der Waals surface area (Å²) in [6, 6.07) is 15.6. The van der Waals surface area contributed by atoms with Gasteiger partial charge in [0.05, 0.1) is 13.7 Å². The lowest BCUT2D eigenvalue weighted by Gasteiger charge is -2.11. The molecule has 0 aliphatic heterocycles. The van der Waals surface area contributed by atoms with Gasteiger partial charge in [-0.15, -0.1) is 24.0 Å². The zero-order valence-electron chi connectivity index (χ0n) is 17.3. The van der Waals surface area contributed by atoms with Crippen molar-refractivity contribution in [3.8, 4) is 5.75 Å². The monoisotopic (exact) mass is 510 g/mol. The van der Waals surface area contributed by atoms with E-state index in [4.69, 9.17) is 4.74 Å². The normalized spacial score (nSPS) is 10.7. The van der Waals surface area contributed by atoms with Crippen LogP contribution in [-0.4, -0.2) is 38.6 Å². The topological polar surface area (TPSA) is 74.8 Å². The number of hydrogen-bond acceptors (Lipinski definition) is 3. The van der Waals surface area contributed by atoms with Gasteiger partial charge in [0.1, 0.15) is 5.75 Å². The van der Waals surface area contributed by atoms with Crippen LogP contribution in [0.3, 0.4) is 0 Å². The molecule has 2 aromatic rings. The average molecular weight is 510 g/mol. The lowest BCUT2D eigenvalue weighted by atomic mass is 10.1. The highest BCUT2D eigenvalue weighted by Crippen LogP contribution is 2.11. The number of carbonyl (C=O) groups excluding carboxylic acids is 1. The molecule has 0 atom stereocenters. The third-order valence-electron chi connectivity index (χ3n) is 4.18. The Morgan fingerprint density at radius 1 is 0.897 bits per heavy atom. The fourth-order valence-corrected chi connectivity index (χ4v) is 2.65. The molecule has 2 aromatic carbocycles. The van der Waals surface area contributed by atoms with Gasteiger partial charge in [-0.2, -0.15) is 0 Å². The summed E-state index contributed by atoms with van der Waals surface area (Å²) in [5.41, 5.74) is 2.96. The minimum atomic E-state index is -0.0499. The van der Waals surface area contributed by atoms with Crippen LogP contribution in [0.1, 0.15) is 35.3 Å². The number of amides is 1. The van der Waals surface area contributed by atoms with E-state index >= 15 is 0 Å². The first kappa shape index (κ1) is 24.7. The van der Waals surface area contributed by atoms with E-state index in [0.29, 0.717) is 18.7 Å². The molecule has 0 heterocycles. The second-order valence-corrected chi connectivity index (χ2v) is 6.28. The zero-order chi connectivity index (χ0) is 20.2. The molecule has 1 amide bonds. The Hall–Kier alpha value is -2.29. The predicted octanol–water partition coefficient (Wildman–Crippen LogP) is 3.36. The molecule has 0 aromatic heterocycles. The highest BCUT2D eigenvalue weighted by molar-refractivity contribution is 14.0. The van der Waals surface area contributed by atoms with Crippen molar-refractivity contribution in [1.29, 1.82) is 0 Å². The maximum atomic E-state index is 11.8. The molecule has 0 aliphatic rings. The van der Waals surface area contributed by atoms with Crippen LogP contribution in [0.25, 0.3) is 0 Å². The van der Waals surface area contributed by atoms with E-state index in [0.717, 1.165) is 36.8 Å². The van der Waals surface area contributed by atoms with E-state index < -0.39 is 0 Å². The summed E-state index contributed by atoms with van der Waals surface area (Å²) >= 11 is 0. The SMILES string of the molecule is CCNC(=O)c1ccc(CN=C(NCC)NCCc2ccc(OC)cc2)cc1.I. The molecular formula is C22H31IN4O2. The zero-order valence-corrected chi connectivity index (χ0v) is 19.7. The van der Waals surface area contributed by atoms with Crippen LogP contribution in [0, 0.1) is 0 Å². The minimum absolute atomic E-state index is 0. The maximum absolute atomic E-state index is 11.8. The van der Waals surface area contributed by atoms with Crippen molar-refractivity contribution in [3.05, 3.63) is 65.2 Å².